The van der Waals surface area contributed by atoms with Gasteiger partial charge in [0, 0.05) is 18.4 Å². The molecule has 6 heteroatoms. The first-order chi connectivity index (χ1) is 10.2. The number of nitrogens with one attached hydrogen (secondary N) is 1. The first kappa shape index (κ1) is 14.5. The summed E-state index contributed by atoms with van der Waals surface area (Å²) < 4.78 is 5.55. The molecule has 2 aliphatic rings. The van der Waals surface area contributed by atoms with Gasteiger partial charge >= 0.3 is 0 Å². The Labute approximate surface area is 125 Å². The Morgan fingerprint density at radius 2 is 2.19 bits per heavy atom. The van der Waals surface area contributed by atoms with E-state index >= 15 is 0 Å². The third-order valence-corrected chi connectivity index (χ3v) is 4.29. The lowest BCUT2D eigenvalue weighted by Crippen LogP contribution is -2.48. The van der Waals surface area contributed by atoms with Crippen LogP contribution in [0.5, 0.6) is 0 Å². The number of H-pyrrole nitrogens is 1. The van der Waals surface area contributed by atoms with Crippen molar-refractivity contribution >= 4 is 5.91 Å². The summed E-state index contributed by atoms with van der Waals surface area (Å²) in [6.45, 7) is 6.37. The lowest BCUT2D eigenvalue weighted by atomic mass is 10.1. The summed E-state index contributed by atoms with van der Waals surface area (Å²) in [5.41, 5.74) is 1.01. The van der Waals surface area contributed by atoms with Crippen molar-refractivity contribution in [1.29, 1.82) is 0 Å². The number of morpholine rings is 1. The zero-order chi connectivity index (χ0) is 14.7. The number of aryl methyl sites for hydroxylation is 1. The van der Waals surface area contributed by atoms with Crippen molar-refractivity contribution < 1.29 is 9.53 Å². The molecule has 3 rings (SSSR count). The highest BCUT2D eigenvalue weighted by Gasteiger charge is 2.31. The highest BCUT2D eigenvalue weighted by molar-refractivity contribution is 5.78. The van der Waals surface area contributed by atoms with E-state index in [1.807, 2.05) is 11.8 Å². The van der Waals surface area contributed by atoms with Gasteiger partial charge in [-0.15, -0.1) is 0 Å². The molecule has 1 unspecified atom stereocenters. The Morgan fingerprint density at radius 3 is 2.90 bits per heavy atom. The fraction of sp³-hybridized carbons (Fsp3) is 0.733. The molecule has 21 heavy (non-hydrogen) atoms. The second-order valence-electron chi connectivity index (χ2n) is 5.97. The van der Waals surface area contributed by atoms with Gasteiger partial charge in [0.05, 0.1) is 19.8 Å². The molecule has 0 spiro atoms. The van der Waals surface area contributed by atoms with Crippen molar-refractivity contribution in [3.05, 3.63) is 17.7 Å². The van der Waals surface area contributed by atoms with Crippen LogP contribution in [-0.2, 0) is 9.53 Å². The fourth-order valence-electron chi connectivity index (χ4n) is 3.13. The molecule has 0 saturated carbocycles. The molecule has 2 aliphatic heterocycles. The molecule has 1 aromatic heterocycles. The Hall–Kier alpha value is -1.40. The van der Waals surface area contributed by atoms with E-state index in [1.165, 1.54) is 19.3 Å². The van der Waals surface area contributed by atoms with E-state index in [9.17, 15) is 4.79 Å². The van der Waals surface area contributed by atoms with Crippen LogP contribution in [0, 0.1) is 6.92 Å². The van der Waals surface area contributed by atoms with Gasteiger partial charge in [-0.05, 0) is 32.9 Å². The predicted octanol–water partition coefficient (Wildman–Crippen LogP) is 1.10. The lowest BCUT2D eigenvalue weighted by molar-refractivity contribution is -0.142. The number of carbonyl (C=O) groups is 1. The number of hydrogen-bond acceptors (Lipinski definition) is 4. The average Bonchev–Trinajstić information content (AvgIpc) is 2.95. The lowest BCUT2D eigenvalue weighted by Gasteiger charge is -2.36. The largest absolute Gasteiger partial charge is 0.377 e. The maximum absolute atomic E-state index is 12.6. The minimum Gasteiger partial charge on any atom is -0.377 e. The summed E-state index contributed by atoms with van der Waals surface area (Å²) in [5, 5.41) is 0. The van der Waals surface area contributed by atoms with Crippen molar-refractivity contribution in [3.63, 3.8) is 0 Å². The minimum absolute atomic E-state index is 0.0789. The summed E-state index contributed by atoms with van der Waals surface area (Å²) >= 11 is 0. The van der Waals surface area contributed by atoms with Gasteiger partial charge < -0.3 is 14.6 Å². The normalized spacial score (nSPS) is 24.2. The van der Waals surface area contributed by atoms with Crippen LogP contribution in [0.3, 0.4) is 0 Å². The van der Waals surface area contributed by atoms with Crippen molar-refractivity contribution in [2.75, 3.05) is 39.4 Å². The van der Waals surface area contributed by atoms with E-state index in [-0.39, 0.29) is 11.9 Å². The van der Waals surface area contributed by atoms with E-state index in [0.717, 1.165) is 24.6 Å². The number of imidazole rings is 1. The van der Waals surface area contributed by atoms with E-state index in [2.05, 4.69) is 14.9 Å². The molecule has 0 aromatic carbocycles. The van der Waals surface area contributed by atoms with Crippen LogP contribution in [0.2, 0.25) is 0 Å². The number of piperidine rings is 1. The summed E-state index contributed by atoms with van der Waals surface area (Å²) in [6.07, 6.45) is 5.50. The number of likely N-dealkylation sites (tertiary alicyclic amines) is 1. The molecule has 6 nitrogen and oxygen atoms in total. The van der Waals surface area contributed by atoms with Gasteiger partial charge in [0.25, 0.3) is 0 Å². The maximum atomic E-state index is 12.6. The third-order valence-electron chi connectivity index (χ3n) is 4.29. The van der Waals surface area contributed by atoms with Crippen LogP contribution in [0.1, 0.15) is 36.8 Å². The van der Waals surface area contributed by atoms with Crippen LogP contribution in [0.4, 0.5) is 0 Å². The number of nitrogens with zero attached hydrogens (tertiary/aromatic N) is 3. The van der Waals surface area contributed by atoms with Crippen molar-refractivity contribution in [2.45, 2.75) is 32.2 Å². The van der Waals surface area contributed by atoms with Gasteiger partial charge in [-0.25, -0.2) is 4.98 Å². The first-order valence-electron chi connectivity index (χ1n) is 7.85. The Balaban J connectivity index is 1.66. The van der Waals surface area contributed by atoms with E-state index in [0.29, 0.717) is 26.3 Å². The van der Waals surface area contributed by atoms with Crippen molar-refractivity contribution in [2.24, 2.45) is 0 Å². The van der Waals surface area contributed by atoms with Crippen LogP contribution in [0.15, 0.2) is 6.20 Å². The summed E-state index contributed by atoms with van der Waals surface area (Å²) in [4.78, 5) is 24.5. The van der Waals surface area contributed by atoms with Crippen molar-refractivity contribution in [1.82, 2.24) is 19.8 Å². The van der Waals surface area contributed by atoms with Crippen LogP contribution < -0.4 is 0 Å². The fourth-order valence-corrected chi connectivity index (χ4v) is 3.13. The highest BCUT2D eigenvalue weighted by atomic mass is 16.5. The Morgan fingerprint density at radius 1 is 1.38 bits per heavy atom. The third kappa shape index (κ3) is 3.44. The van der Waals surface area contributed by atoms with Crippen LogP contribution in [-0.4, -0.2) is 65.1 Å². The van der Waals surface area contributed by atoms with Crippen LogP contribution >= 0.6 is 0 Å². The monoisotopic (exact) mass is 292 g/mol. The van der Waals surface area contributed by atoms with Gasteiger partial charge in [-0.2, -0.15) is 0 Å². The molecular formula is C15H24N4O2. The van der Waals surface area contributed by atoms with E-state index in [4.69, 9.17) is 4.74 Å². The molecule has 1 N–H and O–H groups in total. The number of aromatic amines is 1. The molecule has 1 aromatic rings. The van der Waals surface area contributed by atoms with Crippen molar-refractivity contribution in [3.8, 4) is 0 Å². The van der Waals surface area contributed by atoms with Gasteiger partial charge in [-0.1, -0.05) is 6.42 Å². The SMILES string of the molecule is Cc1cnc(C2COCCN2C(=O)CN2CCCCC2)[nH]1. The van der Waals surface area contributed by atoms with Gasteiger partial charge in [-0.3, -0.25) is 9.69 Å². The molecule has 0 aliphatic carbocycles. The zero-order valence-corrected chi connectivity index (χ0v) is 12.7. The minimum atomic E-state index is -0.0789. The number of ether oxygens (including phenoxy) is 1. The van der Waals surface area contributed by atoms with E-state index in [1.54, 1.807) is 6.20 Å². The molecule has 2 fully saturated rings. The highest BCUT2D eigenvalue weighted by Crippen LogP contribution is 2.22. The summed E-state index contributed by atoms with van der Waals surface area (Å²) in [6, 6.07) is -0.0789. The number of carbonyl (C=O) groups excluding carboxylic acids is 1. The molecule has 1 amide bonds. The molecule has 116 valence electrons. The predicted molar refractivity (Wildman–Crippen MR) is 78.9 cm³/mol. The first-order valence-corrected chi connectivity index (χ1v) is 7.85. The van der Waals surface area contributed by atoms with E-state index < -0.39 is 0 Å². The average molecular weight is 292 g/mol. The summed E-state index contributed by atoms with van der Waals surface area (Å²) in [7, 11) is 0. The molecule has 3 heterocycles. The topological polar surface area (TPSA) is 61.5 Å². The standard InChI is InChI=1S/C15H24N4O2/c1-12-9-16-15(17-12)13-11-21-8-7-19(13)14(20)10-18-5-3-2-4-6-18/h9,13H,2-8,10-11H2,1H3,(H,16,17). The van der Waals surface area contributed by atoms with Crippen LogP contribution in [0.25, 0.3) is 0 Å². The quantitative estimate of drug-likeness (QED) is 0.906. The Kier molecular flexibility index (Phi) is 4.55. The molecule has 2 saturated heterocycles. The molecule has 0 bridgehead atoms. The molecular weight excluding hydrogens is 268 g/mol. The smallest absolute Gasteiger partial charge is 0.237 e. The van der Waals surface area contributed by atoms with Gasteiger partial charge in [0.15, 0.2) is 0 Å². The van der Waals surface area contributed by atoms with Gasteiger partial charge in [0.2, 0.25) is 5.91 Å². The molecule has 0 radical (unpaired) electrons. The zero-order valence-electron chi connectivity index (χ0n) is 12.7. The second kappa shape index (κ2) is 6.58. The second-order valence-corrected chi connectivity index (χ2v) is 5.97. The number of aromatic nitrogens is 2. The number of rotatable bonds is 3. The Bertz CT molecular complexity index is 482. The number of hydrogen-bond donors (Lipinski definition) is 1. The van der Waals surface area contributed by atoms with Gasteiger partial charge in [0.1, 0.15) is 11.9 Å². The molecule has 1 atom stereocenters. The maximum Gasteiger partial charge on any atom is 0.237 e. The summed E-state index contributed by atoms with van der Waals surface area (Å²) in [5.74, 6) is 1.03. The number of amides is 1.